The highest BCUT2D eigenvalue weighted by molar-refractivity contribution is 6.06. The number of hydrogen-bond donors (Lipinski definition) is 0. The molecule has 4 aromatic carbocycles. The van der Waals surface area contributed by atoms with Gasteiger partial charge in [-0.1, -0.05) is 115 Å². The van der Waals surface area contributed by atoms with Crippen molar-refractivity contribution in [2.24, 2.45) is 11.0 Å². The number of anilines is 1. The van der Waals surface area contributed by atoms with E-state index in [2.05, 4.69) is 126 Å². The highest BCUT2D eigenvalue weighted by Gasteiger charge is 2.56. The van der Waals surface area contributed by atoms with Gasteiger partial charge in [0.2, 0.25) is 0 Å². The van der Waals surface area contributed by atoms with Crippen molar-refractivity contribution in [3.63, 3.8) is 0 Å². The zero-order chi connectivity index (χ0) is 21.8. The third-order valence-corrected chi connectivity index (χ3v) is 7.59. The van der Waals surface area contributed by atoms with E-state index in [0.717, 1.165) is 6.42 Å². The molecule has 0 amide bonds. The number of allylic oxidation sites excluding steroid dienone is 1. The largest absolute Gasteiger partial charge is 0.257 e. The number of para-hydroxylation sites is 1. The Kier molecular flexibility index (Phi) is 3.98. The predicted molar refractivity (Wildman–Crippen MR) is 135 cm³/mol. The number of rotatable bonds is 3. The van der Waals surface area contributed by atoms with Gasteiger partial charge in [0, 0.05) is 5.92 Å². The van der Waals surface area contributed by atoms with E-state index in [1.165, 1.54) is 39.2 Å². The van der Waals surface area contributed by atoms with E-state index in [4.69, 9.17) is 5.10 Å². The average molecular weight is 425 g/mol. The van der Waals surface area contributed by atoms with E-state index in [0.29, 0.717) is 5.92 Å². The third kappa shape index (κ3) is 2.46. The monoisotopic (exact) mass is 424 g/mol. The van der Waals surface area contributed by atoms with Gasteiger partial charge in [-0.05, 0) is 40.3 Å². The Morgan fingerprint density at radius 2 is 1.24 bits per heavy atom. The van der Waals surface area contributed by atoms with E-state index in [-0.39, 0.29) is 11.5 Å². The van der Waals surface area contributed by atoms with Crippen LogP contribution in [0.25, 0.3) is 0 Å². The quantitative estimate of drug-likeness (QED) is 0.340. The first-order valence-corrected chi connectivity index (χ1v) is 11.7. The SMILES string of the molecule is C1=C2[C@H]3[C@@H](C1)C(c1ccccc1)=NN3c1ccccc1C2(c1ccccc1)c1ccccc1. The molecule has 33 heavy (non-hydrogen) atoms. The molecule has 2 atom stereocenters. The van der Waals surface area contributed by atoms with Crippen molar-refractivity contribution in [1.29, 1.82) is 0 Å². The van der Waals surface area contributed by atoms with Crippen molar-refractivity contribution in [3.05, 3.63) is 149 Å². The molecule has 4 aromatic rings. The summed E-state index contributed by atoms with van der Waals surface area (Å²) in [6.07, 6.45) is 3.52. The lowest BCUT2D eigenvalue weighted by Gasteiger charge is -2.47. The lowest BCUT2D eigenvalue weighted by atomic mass is 9.61. The number of hydrazone groups is 1. The molecule has 3 aliphatic rings. The Morgan fingerprint density at radius 1 is 0.667 bits per heavy atom. The van der Waals surface area contributed by atoms with Gasteiger partial charge in [-0.15, -0.1) is 0 Å². The molecule has 1 aliphatic carbocycles. The van der Waals surface area contributed by atoms with Crippen LogP contribution in [-0.2, 0) is 5.41 Å². The highest BCUT2D eigenvalue weighted by Crippen LogP contribution is 2.59. The summed E-state index contributed by atoms with van der Waals surface area (Å²) in [6, 6.07) is 41.9. The van der Waals surface area contributed by atoms with Crippen LogP contribution in [0.2, 0.25) is 0 Å². The number of benzene rings is 4. The van der Waals surface area contributed by atoms with Crippen LogP contribution in [0.1, 0.15) is 28.7 Å². The lowest BCUT2D eigenvalue weighted by molar-refractivity contribution is 0.544. The summed E-state index contributed by atoms with van der Waals surface area (Å²) in [4.78, 5) is 0. The second-order valence-electron chi connectivity index (χ2n) is 9.14. The maximum atomic E-state index is 5.27. The molecule has 0 saturated carbocycles. The first-order valence-electron chi connectivity index (χ1n) is 11.7. The normalized spacial score (nSPS) is 21.8. The van der Waals surface area contributed by atoms with Gasteiger partial charge >= 0.3 is 0 Å². The van der Waals surface area contributed by atoms with Crippen LogP contribution in [0.5, 0.6) is 0 Å². The summed E-state index contributed by atoms with van der Waals surface area (Å²) in [5.41, 5.74) is 8.74. The standard InChI is InChI=1S/C31H24N2/c1-4-12-22(13-5-1)29-25-20-21-27-30(25)33(32-29)28-19-11-10-18-26(28)31(27,23-14-6-2-7-15-23)24-16-8-3-9-17-24/h1-19,21,25,30H,20H2/t25-,30+/m0/s1. The van der Waals surface area contributed by atoms with Crippen molar-refractivity contribution in [2.75, 3.05) is 5.01 Å². The van der Waals surface area contributed by atoms with Crippen molar-refractivity contribution in [1.82, 2.24) is 0 Å². The van der Waals surface area contributed by atoms with E-state index in [1.807, 2.05) is 0 Å². The van der Waals surface area contributed by atoms with Crippen molar-refractivity contribution >= 4 is 11.4 Å². The summed E-state index contributed by atoms with van der Waals surface area (Å²) in [5, 5.41) is 7.58. The minimum atomic E-state index is -0.323. The molecule has 0 saturated heterocycles. The molecule has 2 heteroatoms. The maximum absolute atomic E-state index is 5.27. The van der Waals surface area contributed by atoms with E-state index in [1.54, 1.807) is 0 Å². The van der Waals surface area contributed by atoms with Crippen LogP contribution in [0.15, 0.2) is 132 Å². The highest BCUT2D eigenvalue weighted by atomic mass is 15.5. The molecule has 0 aromatic heterocycles. The van der Waals surface area contributed by atoms with Crippen molar-refractivity contribution in [3.8, 4) is 0 Å². The molecule has 0 radical (unpaired) electrons. The Labute approximate surface area is 194 Å². The second kappa shape index (κ2) is 7.05. The second-order valence-corrected chi connectivity index (χ2v) is 9.14. The zero-order valence-electron chi connectivity index (χ0n) is 18.3. The van der Waals surface area contributed by atoms with Crippen molar-refractivity contribution in [2.45, 2.75) is 17.9 Å². The van der Waals surface area contributed by atoms with Gasteiger partial charge in [0.25, 0.3) is 0 Å². The van der Waals surface area contributed by atoms with Crippen molar-refractivity contribution < 1.29 is 0 Å². The average Bonchev–Trinajstić information content (AvgIpc) is 3.50. The molecule has 2 aliphatic heterocycles. The van der Waals surface area contributed by atoms with E-state index in [9.17, 15) is 0 Å². The summed E-state index contributed by atoms with van der Waals surface area (Å²) in [5.74, 6) is 0.363. The minimum Gasteiger partial charge on any atom is -0.257 e. The number of hydrogen-bond acceptors (Lipinski definition) is 2. The van der Waals surface area contributed by atoms with Crippen LogP contribution in [0, 0.1) is 5.92 Å². The molecule has 158 valence electrons. The molecular formula is C31H24N2. The predicted octanol–water partition coefficient (Wildman–Crippen LogP) is 6.57. The Balaban J connectivity index is 1.53. The first kappa shape index (κ1) is 18.6. The van der Waals surface area contributed by atoms with Gasteiger partial charge in [-0.3, -0.25) is 5.01 Å². The fourth-order valence-corrected chi connectivity index (χ4v) is 6.33. The van der Waals surface area contributed by atoms with Crippen LogP contribution in [-0.4, -0.2) is 11.8 Å². The Bertz CT molecular complexity index is 1350. The van der Waals surface area contributed by atoms with Crippen LogP contribution < -0.4 is 5.01 Å². The smallest absolute Gasteiger partial charge is 0.0838 e. The summed E-state index contributed by atoms with van der Waals surface area (Å²) < 4.78 is 0. The third-order valence-electron chi connectivity index (χ3n) is 7.59. The van der Waals surface area contributed by atoms with Gasteiger partial charge < -0.3 is 0 Å². The molecule has 0 bridgehead atoms. The number of nitrogens with zero attached hydrogens (tertiary/aromatic N) is 2. The van der Waals surface area contributed by atoms with Crippen LogP contribution >= 0.6 is 0 Å². The molecule has 7 rings (SSSR count). The summed E-state index contributed by atoms with van der Waals surface area (Å²) >= 11 is 0. The minimum absolute atomic E-state index is 0.232. The fraction of sp³-hybridized carbons (Fsp3) is 0.129. The zero-order valence-corrected chi connectivity index (χ0v) is 18.3. The summed E-state index contributed by atoms with van der Waals surface area (Å²) in [6.45, 7) is 0. The Hall–Kier alpha value is -3.91. The first-order chi connectivity index (χ1) is 16.4. The maximum Gasteiger partial charge on any atom is 0.0838 e. The lowest BCUT2D eigenvalue weighted by Crippen LogP contribution is -2.47. The molecule has 0 spiro atoms. The van der Waals surface area contributed by atoms with Gasteiger partial charge in [0.1, 0.15) is 0 Å². The molecule has 2 heterocycles. The fourth-order valence-electron chi connectivity index (χ4n) is 6.33. The van der Waals surface area contributed by atoms with Crippen LogP contribution in [0.3, 0.4) is 0 Å². The van der Waals surface area contributed by atoms with Crippen LogP contribution in [0.4, 0.5) is 5.69 Å². The molecular weight excluding hydrogens is 400 g/mol. The molecule has 0 N–H and O–H groups in total. The van der Waals surface area contributed by atoms with Gasteiger partial charge in [0.15, 0.2) is 0 Å². The topological polar surface area (TPSA) is 15.6 Å². The number of fused-ring (bicyclic) bond motifs is 2. The summed E-state index contributed by atoms with van der Waals surface area (Å²) in [7, 11) is 0. The van der Waals surface area contributed by atoms with Gasteiger partial charge in [0.05, 0.1) is 22.9 Å². The van der Waals surface area contributed by atoms with Gasteiger partial charge in [-0.25, -0.2) is 0 Å². The molecule has 2 nitrogen and oxygen atoms in total. The molecule has 0 fully saturated rings. The molecule has 0 unspecified atom stereocenters. The van der Waals surface area contributed by atoms with E-state index < -0.39 is 0 Å². The van der Waals surface area contributed by atoms with Gasteiger partial charge in [-0.2, -0.15) is 5.10 Å². The Morgan fingerprint density at radius 3 is 1.91 bits per heavy atom. The van der Waals surface area contributed by atoms with E-state index >= 15 is 0 Å².